The fourth-order valence-electron chi connectivity index (χ4n) is 7.55. The quantitative estimate of drug-likeness (QED) is 0.211. The van der Waals surface area contributed by atoms with E-state index in [0.29, 0.717) is 74.0 Å². The number of aromatic nitrogens is 2. The van der Waals surface area contributed by atoms with Gasteiger partial charge in [0.15, 0.2) is 11.6 Å². The predicted octanol–water partition coefficient (Wildman–Crippen LogP) is 2.82. The van der Waals surface area contributed by atoms with Gasteiger partial charge in [-0.3, -0.25) is 34.2 Å². The maximum absolute atomic E-state index is 14.7. The Morgan fingerprint density at radius 3 is 2.47 bits per heavy atom. The Hall–Kier alpha value is -6.19. The number of nitrogens with zero attached hydrogens (tertiary/aromatic N) is 6. The van der Waals surface area contributed by atoms with E-state index >= 15 is 0 Å². The molecule has 15 nitrogen and oxygen atoms in total. The highest BCUT2D eigenvalue weighted by atomic mass is 19.1. The molecule has 53 heavy (non-hydrogen) atoms. The van der Waals surface area contributed by atoms with E-state index in [9.17, 15) is 33.2 Å². The maximum atomic E-state index is 14.7. The van der Waals surface area contributed by atoms with Crippen molar-refractivity contribution in [1.82, 2.24) is 25.1 Å². The van der Waals surface area contributed by atoms with Gasteiger partial charge in [-0.05, 0) is 61.6 Å². The van der Waals surface area contributed by atoms with Crippen LogP contribution in [0.2, 0.25) is 0 Å². The monoisotopic (exact) mass is 722 g/mol. The van der Waals surface area contributed by atoms with Crippen molar-refractivity contribution in [3.05, 3.63) is 82.1 Å². The molecule has 8 rings (SSSR count). The first-order chi connectivity index (χ1) is 25.6. The number of halogens is 1. The summed E-state index contributed by atoms with van der Waals surface area (Å²) < 4.78 is 19.9. The lowest BCUT2D eigenvalue weighted by atomic mass is 9.92. The van der Waals surface area contributed by atoms with Gasteiger partial charge in [-0.2, -0.15) is 4.98 Å². The molecule has 5 amide bonds. The summed E-state index contributed by atoms with van der Waals surface area (Å²) in [6, 6.07) is 12.0. The van der Waals surface area contributed by atoms with Crippen molar-refractivity contribution < 1.29 is 32.8 Å². The first-order valence-electron chi connectivity index (χ1n) is 17.6. The normalized spacial score (nSPS) is 19.5. The number of nitrogens with one attached hydrogen (secondary N) is 2. The van der Waals surface area contributed by atoms with Gasteiger partial charge in [0.25, 0.3) is 11.8 Å². The van der Waals surface area contributed by atoms with Crippen LogP contribution in [0.15, 0.2) is 63.9 Å². The number of piperidine rings is 2. The first kappa shape index (κ1) is 33.9. The van der Waals surface area contributed by atoms with Crippen molar-refractivity contribution in [3.8, 4) is 0 Å². The molecule has 2 aromatic carbocycles. The lowest BCUT2D eigenvalue weighted by molar-refractivity contribution is -0.136. The molecule has 0 saturated carbocycles. The lowest BCUT2D eigenvalue weighted by Gasteiger charge is -2.37. The van der Waals surface area contributed by atoms with Crippen molar-refractivity contribution in [2.45, 2.75) is 38.1 Å². The number of hydrogen-bond acceptors (Lipinski definition) is 12. The van der Waals surface area contributed by atoms with Gasteiger partial charge in [-0.15, -0.1) is 0 Å². The van der Waals surface area contributed by atoms with E-state index in [1.807, 2.05) is 9.80 Å². The Labute approximate surface area is 301 Å². The summed E-state index contributed by atoms with van der Waals surface area (Å²) in [4.78, 5) is 91.3. The Morgan fingerprint density at radius 1 is 0.906 bits per heavy atom. The van der Waals surface area contributed by atoms with E-state index < -0.39 is 41.1 Å². The smallest absolute Gasteiger partial charge is 0.336 e. The molecular weight excluding hydrogens is 687 g/mol. The van der Waals surface area contributed by atoms with Crippen LogP contribution in [0.1, 0.15) is 52.8 Å². The molecular formula is C37H35FN8O7. The molecule has 16 heteroatoms. The number of imide groups is 2. The molecule has 0 bridgehead atoms. The number of fused-ring (bicyclic) bond motifs is 2. The number of anilines is 4. The summed E-state index contributed by atoms with van der Waals surface area (Å²) in [6.45, 7) is 3.07. The molecule has 6 heterocycles. The van der Waals surface area contributed by atoms with Gasteiger partial charge in [0.2, 0.25) is 23.7 Å². The van der Waals surface area contributed by atoms with Crippen LogP contribution in [0.3, 0.4) is 0 Å². The highest BCUT2D eigenvalue weighted by molar-refractivity contribution is 6.25. The van der Waals surface area contributed by atoms with Crippen LogP contribution < -0.4 is 26.1 Å². The molecule has 272 valence electrons. The molecule has 0 spiro atoms. The standard InChI is InChI=1S/C37H35FN8O7/c38-25-20-39-37(42-33(25)40-23-5-7-28-22(19-23)4-9-31(49)53-28)45-16-14-44(15-17-45)30(48)18-21-10-12-43(13-11-21)26-3-1-2-24-32(26)36(52)46(35(24)51)27-6-8-29(47)41-34(27)50/h1-5,7,9,19-21,27H,6,8,10-18H2,(H,39,40,42)(H,41,47,50). The van der Waals surface area contributed by atoms with Gasteiger partial charge in [-0.1, -0.05) is 6.07 Å². The van der Waals surface area contributed by atoms with Crippen LogP contribution in [0.5, 0.6) is 0 Å². The van der Waals surface area contributed by atoms with Gasteiger partial charge in [0, 0.05) is 69.3 Å². The zero-order chi connectivity index (χ0) is 36.8. The fraction of sp³-hybridized carbons (Fsp3) is 0.351. The second kappa shape index (κ2) is 13.7. The number of amides is 5. The molecule has 0 aliphatic carbocycles. The second-order valence-corrected chi connectivity index (χ2v) is 13.6. The molecule has 4 aliphatic rings. The minimum Gasteiger partial charge on any atom is -0.423 e. The minimum atomic E-state index is -1.03. The van der Waals surface area contributed by atoms with Gasteiger partial charge in [0.05, 0.1) is 23.0 Å². The van der Waals surface area contributed by atoms with Gasteiger partial charge >= 0.3 is 5.63 Å². The molecule has 2 aromatic heterocycles. The molecule has 1 unspecified atom stereocenters. The molecule has 1 atom stereocenters. The molecule has 3 saturated heterocycles. The van der Waals surface area contributed by atoms with Gasteiger partial charge in [0.1, 0.15) is 11.6 Å². The summed E-state index contributed by atoms with van der Waals surface area (Å²) in [7, 11) is 0. The number of benzene rings is 2. The summed E-state index contributed by atoms with van der Waals surface area (Å²) in [6.07, 6.45) is 3.09. The molecule has 4 aliphatic heterocycles. The average Bonchev–Trinajstić information content (AvgIpc) is 3.41. The van der Waals surface area contributed by atoms with Crippen LogP contribution in [0.25, 0.3) is 11.0 Å². The third kappa shape index (κ3) is 6.56. The Balaban J connectivity index is 0.847. The van der Waals surface area contributed by atoms with E-state index in [4.69, 9.17) is 4.42 Å². The SMILES string of the molecule is O=C1CCC(N2C(=O)c3cccc(N4CCC(CC(=O)N5CCN(c6ncc(F)c(Nc7ccc8oc(=O)ccc8c7)n6)CC5)CC4)c3C2=O)C(=O)N1. The first-order valence-corrected chi connectivity index (χ1v) is 17.6. The Bertz CT molecular complexity index is 2230. The molecule has 0 radical (unpaired) electrons. The number of carbonyl (C=O) groups is 5. The highest BCUT2D eigenvalue weighted by Gasteiger charge is 2.46. The van der Waals surface area contributed by atoms with Crippen LogP contribution in [0.4, 0.5) is 27.5 Å². The summed E-state index contributed by atoms with van der Waals surface area (Å²) in [5.74, 6) is -2.23. The maximum Gasteiger partial charge on any atom is 0.336 e. The molecule has 2 N–H and O–H groups in total. The zero-order valence-corrected chi connectivity index (χ0v) is 28.5. The topological polar surface area (TPSA) is 178 Å². The van der Waals surface area contributed by atoms with E-state index in [1.54, 1.807) is 42.5 Å². The average molecular weight is 723 g/mol. The number of hydrogen-bond donors (Lipinski definition) is 2. The number of rotatable bonds is 7. The van der Waals surface area contributed by atoms with Crippen molar-refractivity contribution in [3.63, 3.8) is 0 Å². The van der Waals surface area contributed by atoms with Crippen molar-refractivity contribution >= 4 is 63.6 Å². The van der Waals surface area contributed by atoms with Crippen molar-refractivity contribution in [2.24, 2.45) is 5.92 Å². The lowest BCUT2D eigenvalue weighted by Crippen LogP contribution is -2.54. The molecule has 3 fully saturated rings. The van der Waals surface area contributed by atoms with Crippen LogP contribution in [0, 0.1) is 11.7 Å². The fourth-order valence-corrected chi connectivity index (χ4v) is 7.55. The van der Waals surface area contributed by atoms with Crippen molar-refractivity contribution in [1.29, 1.82) is 0 Å². The van der Waals surface area contributed by atoms with Gasteiger partial charge in [-0.25, -0.2) is 14.2 Å². The van der Waals surface area contributed by atoms with Crippen LogP contribution in [-0.4, -0.2) is 94.6 Å². The zero-order valence-electron chi connectivity index (χ0n) is 28.5. The largest absolute Gasteiger partial charge is 0.423 e. The highest BCUT2D eigenvalue weighted by Crippen LogP contribution is 2.36. The summed E-state index contributed by atoms with van der Waals surface area (Å²) >= 11 is 0. The second-order valence-electron chi connectivity index (χ2n) is 13.6. The number of carbonyl (C=O) groups excluding carboxylic acids is 5. The van der Waals surface area contributed by atoms with Crippen LogP contribution in [-0.2, 0) is 14.4 Å². The third-order valence-electron chi connectivity index (χ3n) is 10.4. The Morgan fingerprint density at radius 2 is 1.70 bits per heavy atom. The minimum absolute atomic E-state index is 0.000328. The summed E-state index contributed by atoms with van der Waals surface area (Å²) in [5.41, 5.74) is 1.66. The van der Waals surface area contributed by atoms with Gasteiger partial charge < -0.3 is 24.4 Å². The number of piperazine rings is 1. The van der Waals surface area contributed by atoms with Crippen LogP contribution >= 0.6 is 0 Å². The Kier molecular flexibility index (Phi) is 8.80. The van der Waals surface area contributed by atoms with E-state index in [2.05, 4.69) is 25.5 Å². The van der Waals surface area contributed by atoms with Crippen molar-refractivity contribution in [2.75, 3.05) is 54.4 Å². The predicted molar refractivity (Wildman–Crippen MR) is 189 cm³/mol. The third-order valence-corrected chi connectivity index (χ3v) is 10.4. The van der Waals surface area contributed by atoms with E-state index in [0.717, 1.165) is 23.9 Å². The van der Waals surface area contributed by atoms with E-state index in [1.165, 1.54) is 6.07 Å². The molecule has 4 aromatic rings. The summed E-state index contributed by atoms with van der Waals surface area (Å²) in [5, 5.41) is 5.88. The van der Waals surface area contributed by atoms with E-state index in [-0.39, 0.29) is 41.6 Å².